The van der Waals surface area contributed by atoms with Gasteiger partial charge in [-0.25, -0.2) is 0 Å². The SMILES string of the molecule is NC(=O)CSc1ccccc1NC(=O)CNC12CC3CC(CC(C3)C1)C2. The largest absolute Gasteiger partial charge is 0.369 e. The predicted molar refractivity (Wildman–Crippen MR) is 104 cm³/mol. The molecule has 0 aliphatic heterocycles. The molecule has 5 nitrogen and oxygen atoms in total. The van der Waals surface area contributed by atoms with Crippen LogP contribution >= 0.6 is 11.8 Å². The van der Waals surface area contributed by atoms with Crippen LogP contribution in [0, 0.1) is 17.8 Å². The topological polar surface area (TPSA) is 84.2 Å². The second kappa shape index (κ2) is 7.24. The second-order valence-corrected chi connectivity index (χ2v) is 9.37. The van der Waals surface area contributed by atoms with Gasteiger partial charge in [0.2, 0.25) is 11.8 Å². The van der Waals surface area contributed by atoms with Crippen molar-refractivity contribution in [2.24, 2.45) is 23.5 Å². The number of primary amides is 1. The van der Waals surface area contributed by atoms with E-state index in [9.17, 15) is 9.59 Å². The van der Waals surface area contributed by atoms with Crippen LogP contribution in [-0.4, -0.2) is 29.7 Å². The molecule has 4 saturated carbocycles. The van der Waals surface area contributed by atoms with E-state index in [0.717, 1.165) is 28.3 Å². The zero-order valence-corrected chi connectivity index (χ0v) is 15.8. The van der Waals surface area contributed by atoms with Crippen LogP contribution in [-0.2, 0) is 9.59 Å². The third-order valence-corrected chi connectivity index (χ3v) is 7.29. The number of amides is 2. The van der Waals surface area contributed by atoms with Crippen LogP contribution in [0.5, 0.6) is 0 Å². The highest BCUT2D eigenvalue weighted by Crippen LogP contribution is 2.55. The summed E-state index contributed by atoms with van der Waals surface area (Å²) < 4.78 is 0. The Labute approximate surface area is 158 Å². The Kier molecular flexibility index (Phi) is 4.97. The summed E-state index contributed by atoms with van der Waals surface area (Å²) >= 11 is 1.35. The molecule has 140 valence electrons. The van der Waals surface area contributed by atoms with Crippen molar-refractivity contribution in [3.05, 3.63) is 24.3 Å². The molecule has 4 aliphatic carbocycles. The van der Waals surface area contributed by atoms with Crippen LogP contribution < -0.4 is 16.4 Å². The predicted octanol–water partition coefficient (Wildman–Crippen LogP) is 2.76. The molecule has 2 amide bonds. The molecule has 0 spiro atoms. The zero-order valence-electron chi connectivity index (χ0n) is 15.0. The van der Waals surface area contributed by atoms with Crippen molar-refractivity contribution in [3.63, 3.8) is 0 Å². The van der Waals surface area contributed by atoms with Gasteiger partial charge in [0.15, 0.2) is 0 Å². The highest BCUT2D eigenvalue weighted by atomic mass is 32.2. The van der Waals surface area contributed by atoms with Gasteiger partial charge in [0.1, 0.15) is 0 Å². The number of hydrogen-bond acceptors (Lipinski definition) is 4. The van der Waals surface area contributed by atoms with E-state index in [1.807, 2.05) is 24.3 Å². The van der Waals surface area contributed by atoms with Gasteiger partial charge in [0, 0.05) is 10.4 Å². The fourth-order valence-electron chi connectivity index (χ4n) is 5.63. The van der Waals surface area contributed by atoms with Crippen molar-refractivity contribution in [3.8, 4) is 0 Å². The van der Waals surface area contributed by atoms with Gasteiger partial charge in [-0.2, -0.15) is 0 Å². The quantitative estimate of drug-likeness (QED) is 0.642. The number of para-hydroxylation sites is 1. The van der Waals surface area contributed by atoms with Crippen LogP contribution in [0.2, 0.25) is 0 Å². The second-order valence-electron chi connectivity index (χ2n) is 8.35. The van der Waals surface area contributed by atoms with E-state index in [0.29, 0.717) is 6.54 Å². The Morgan fingerprint density at radius 2 is 1.69 bits per heavy atom. The summed E-state index contributed by atoms with van der Waals surface area (Å²) in [5.41, 5.74) is 6.16. The minimum absolute atomic E-state index is 0.0205. The zero-order chi connectivity index (χ0) is 18.1. The lowest BCUT2D eigenvalue weighted by Crippen LogP contribution is -2.59. The van der Waals surface area contributed by atoms with Crippen molar-refractivity contribution >= 4 is 29.3 Å². The summed E-state index contributed by atoms with van der Waals surface area (Å²) in [7, 11) is 0. The fraction of sp³-hybridized carbons (Fsp3) is 0.600. The van der Waals surface area contributed by atoms with E-state index in [-0.39, 0.29) is 23.1 Å². The summed E-state index contributed by atoms with van der Waals surface area (Å²) in [5, 5.41) is 6.62. The minimum atomic E-state index is -0.361. The summed E-state index contributed by atoms with van der Waals surface area (Å²) in [6, 6.07) is 7.55. The number of carbonyl (C=O) groups excluding carboxylic acids is 2. The molecule has 0 saturated heterocycles. The lowest BCUT2D eigenvalue weighted by molar-refractivity contribution is -0.117. The third kappa shape index (κ3) is 3.91. The van der Waals surface area contributed by atoms with Gasteiger partial charge in [-0.15, -0.1) is 11.8 Å². The highest BCUT2D eigenvalue weighted by molar-refractivity contribution is 8.00. The fourth-order valence-corrected chi connectivity index (χ4v) is 6.38. The maximum Gasteiger partial charge on any atom is 0.238 e. The first-order chi connectivity index (χ1) is 12.5. The Morgan fingerprint density at radius 1 is 1.08 bits per heavy atom. The summed E-state index contributed by atoms with van der Waals surface area (Å²) in [4.78, 5) is 24.4. The molecular formula is C20H27N3O2S. The van der Waals surface area contributed by atoms with E-state index < -0.39 is 0 Å². The molecule has 4 N–H and O–H groups in total. The van der Waals surface area contributed by atoms with Crippen LogP contribution in [0.15, 0.2) is 29.2 Å². The van der Waals surface area contributed by atoms with Crippen molar-refractivity contribution in [2.45, 2.75) is 49.0 Å². The summed E-state index contributed by atoms with van der Waals surface area (Å²) in [6.45, 7) is 0.348. The van der Waals surface area contributed by atoms with Gasteiger partial charge in [0.05, 0.1) is 18.0 Å². The number of thioether (sulfide) groups is 1. The Bertz CT molecular complexity index is 671. The molecule has 4 aliphatic rings. The molecule has 1 aromatic rings. The third-order valence-electron chi connectivity index (χ3n) is 6.19. The van der Waals surface area contributed by atoms with E-state index in [4.69, 9.17) is 5.73 Å². The molecule has 6 heteroatoms. The minimum Gasteiger partial charge on any atom is -0.369 e. The van der Waals surface area contributed by atoms with Crippen LogP contribution in [0.1, 0.15) is 38.5 Å². The molecule has 1 aromatic carbocycles. The number of nitrogens with two attached hydrogens (primary N) is 1. The average Bonchev–Trinajstić information content (AvgIpc) is 2.58. The number of carbonyl (C=O) groups is 2. The van der Waals surface area contributed by atoms with Crippen LogP contribution in [0.25, 0.3) is 0 Å². The summed E-state index contributed by atoms with van der Waals surface area (Å²) in [5.74, 6) is 2.42. The number of hydrogen-bond donors (Lipinski definition) is 3. The molecule has 5 rings (SSSR count). The Morgan fingerprint density at radius 3 is 2.31 bits per heavy atom. The van der Waals surface area contributed by atoms with Crippen molar-refractivity contribution in [1.82, 2.24) is 5.32 Å². The van der Waals surface area contributed by atoms with Gasteiger partial charge in [-0.1, -0.05) is 12.1 Å². The molecule has 0 radical (unpaired) electrons. The van der Waals surface area contributed by atoms with Crippen LogP contribution in [0.4, 0.5) is 5.69 Å². The number of anilines is 1. The van der Waals surface area contributed by atoms with Gasteiger partial charge < -0.3 is 16.4 Å². The van der Waals surface area contributed by atoms with Gasteiger partial charge in [0.25, 0.3) is 0 Å². The molecule has 0 atom stereocenters. The Balaban J connectivity index is 1.34. The molecule has 4 bridgehead atoms. The average molecular weight is 374 g/mol. The lowest BCUT2D eigenvalue weighted by Gasteiger charge is -2.57. The van der Waals surface area contributed by atoms with E-state index in [2.05, 4.69) is 10.6 Å². The van der Waals surface area contributed by atoms with E-state index in [1.54, 1.807) is 0 Å². The monoisotopic (exact) mass is 373 g/mol. The maximum atomic E-state index is 12.5. The van der Waals surface area contributed by atoms with Crippen molar-refractivity contribution < 1.29 is 9.59 Å². The van der Waals surface area contributed by atoms with Crippen molar-refractivity contribution in [2.75, 3.05) is 17.6 Å². The summed E-state index contributed by atoms with van der Waals surface area (Å²) in [6.07, 6.45) is 7.90. The van der Waals surface area contributed by atoms with Crippen molar-refractivity contribution in [1.29, 1.82) is 0 Å². The Hall–Kier alpha value is -1.53. The molecular weight excluding hydrogens is 346 g/mol. The first-order valence-corrected chi connectivity index (χ1v) is 10.5. The van der Waals surface area contributed by atoms with Gasteiger partial charge in [-0.05, 0) is 68.4 Å². The first kappa shape index (κ1) is 17.9. The lowest BCUT2D eigenvalue weighted by atomic mass is 9.53. The number of rotatable bonds is 7. The molecule has 0 heterocycles. The normalized spacial score (nSPS) is 31.8. The smallest absolute Gasteiger partial charge is 0.238 e. The highest BCUT2D eigenvalue weighted by Gasteiger charge is 2.50. The molecule has 26 heavy (non-hydrogen) atoms. The molecule has 0 unspecified atom stereocenters. The molecule has 4 fully saturated rings. The van der Waals surface area contributed by atoms with Crippen LogP contribution in [0.3, 0.4) is 0 Å². The maximum absolute atomic E-state index is 12.5. The van der Waals surface area contributed by atoms with E-state index >= 15 is 0 Å². The van der Waals surface area contributed by atoms with E-state index in [1.165, 1.54) is 50.3 Å². The first-order valence-electron chi connectivity index (χ1n) is 9.56. The van der Waals surface area contributed by atoms with Gasteiger partial charge >= 0.3 is 0 Å². The number of benzene rings is 1. The molecule has 0 aromatic heterocycles. The van der Waals surface area contributed by atoms with Gasteiger partial charge in [-0.3, -0.25) is 9.59 Å². The standard InChI is InChI=1S/C20H27N3O2S/c21-18(24)12-26-17-4-2-1-3-16(17)23-19(25)11-22-20-8-13-5-14(9-20)7-15(6-13)10-20/h1-4,13-15,22H,5-12H2,(H2,21,24)(H,23,25). The number of nitrogens with one attached hydrogen (secondary N) is 2.